The molecule has 70 valence electrons. The first-order valence-corrected chi connectivity index (χ1v) is 5.67. The Morgan fingerprint density at radius 2 is 2.38 bits per heavy atom. The van der Waals surface area contributed by atoms with Crippen molar-refractivity contribution in [3.63, 3.8) is 0 Å². The largest absolute Gasteiger partial charge is 0.360 e. The van der Waals surface area contributed by atoms with E-state index >= 15 is 0 Å². The third kappa shape index (κ3) is 1.43. The third-order valence-electron chi connectivity index (χ3n) is 3.29. The Balaban J connectivity index is 1.58. The molecule has 0 bridgehead atoms. The number of anilines is 1. The van der Waals surface area contributed by atoms with Crippen molar-refractivity contribution in [2.45, 2.75) is 25.7 Å². The topological polar surface area (TPSA) is 37.8 Å². The van der Waals surface area contributed by atoms with Gasteiger partial charge in [-0.05, 0) is 37.0 Å². The second-order valence-corrected chi connectivity index (χ2v) is 5.02. The summed E-state index contributed by atoms with van der Waals surface area (Å²) in [5.41, 5.74) is 0.658. The maximum atomic E-state index is 4.12. The van der Waals surface area contributed by atoms with Crippen LogP contribution < -0.4 is 5.32 Å². The fraction of sp³-hybridized carbons (Fsp3) is 0.778. The molecule has 1 aromatic heterocycles. The molecule has 0 radical (unpaired) electrons. The molecule has 1 aromatic rings. The van der Waals surface area contributed by atoms with Crippen molar-refractivity contribution < 1.29 is 0 Å². The molecule has 0 aliphatic heterocycles. The summed E-state index contributed by atoms with van der Waals surface area (Å²) >= 11 is 1.45. The summed E-state index contributed by atoms with van der Waals surface area (Å²) in [5.74, 6) is 1.02. The van der Waals surface area contributed by atoms with Crippen LogP contribution in [-0.4, -0.2) is 15.9 Å². The second-order valence-electron chi connectivity index (χ2n) is 4.24. The summed E-state index contributed by atoms with van der Waals surface area (Å²) in [5, 5.41) is 4.37. The van der Waals surface area contributed by atoms with Gasteiger partial charge in [0.05, 0.1) is 0 Å². The smallest absolute Gasteiger partial charge is 0.202 e. The molecule has 2 fully saturated rings. The molecular weight excluding hydrogens is 182 g/mol. The molecular formula is C9H13N3S. The molecule has 1 heterocycles. The Hall–Kier alpha value is -0.640. The number of nitrogens with zero attached hydrogens (tertiary/aromatic N) is 2. The van der Waals surface area contributed by atoms with Gasteiger partial charge in [-0.25, -0.2) is 4.98 Å². The van der Waals surface area contributed by atoms with Crippen LogP contribution in [0.15, 0.2) is 6.33 Å². The van der Waals surface area contributed by atoms with Crippen LogP contribution in [0.2, 0.25) is 0 Å². The van der Waals surface area contributed by atoms with E-state index in [0.29, 0.717) is 5.41 Å². The van der Waals surface area contributed by atoms with Crippen LogP contribution in [0, 0.1) is 11.3 Å². The highest BCUT2D eigenvalue weighted by Crippen LogP contribution is 2.61. The molecule has 0 spiro atoms. The van der Waals surface area contributed by atoms with Crippen LogP contribution in [0.3, 0.4) is 0 Å². The fourth-order valence-corrected chi connectivity index (χ4v) is 2.51. The highest BCUT2D eigenvalue weighted by atomic mass is 32.1. The van der Waals surface area contributed by atoms with Gasteiger partial charge in [0.2, 0.25) is 5.13 Å². The predicted molar refractivity (Wildman–Crippen MR) is 52.8 cm³/mol. The number of hydrogen-bond donors (Lipinski definition) is 1. The zero-order valence-corrected chi connectivity index (χ0v) is 8.31. The summed E-state index contributed by atoms with van der Waals surface area (Å²) in [6, 6.07) is 0. The minimum atomic E-state index is 0.658. The van der Waals surface area contributed by atoms with E-state index < -0.39 is 0 Å². The first-order chi connectivity index (χ1) is 6.39. The summed E-state index contributed by atoms with van der Waals surface area (Å²) in [7, 11) is 0. The highest BCUT2D eigenvalue weighted by molar-refractivity contribution is 7.09. The van der Waals surface area contributed by atoms with E-state index in [2.05, 4.69) is 14.7 Å². The normalized spacial score (nSPS) is 24.3. The summed E-state index contributed by atoms with van der Waals surface area (Å²) in [6.45, 7) is 1.12. The molecule has 3 rings (SSSR count). The lowest BCUT2D eigenvalue weighted by molar-refractivity contribution is 0.467. The fourth-order valence-electron chi connectivity index (χ4n) is 2.09. The molecule has 13 heavy (non-hydrogen) atoms. The quantitative estimate of drug-likeness (QED) is 0.800. The SMILES string of the molecule is c1nsc(NCC2(C3CC3)CC2)n1. The van der Waals surface area contributed by atoms with Crippen LogP contribution in [0.5, 0.6) is 0 Å². The van der Waals surface area contributed by atoms with E-state index in [9.17, 15) is 0 Å². The zero-order valence-electron chi connectivity index (χ0n) is 7.49. The van der Waals surface area contributed by atoms with Gasteiger partial charge < -0.3 is 5.32 Å². The van der Waals surface area contributed by atoms with Crippen LogP contribution in [0.4, 0.5) is 5.13 Å². The molecule has 1 N–H and O–H groups in total. The molecule has 2 saturated carbocycles. The van der Waals surface area contributed by atoms with Crippen LogP contribution in [-0.2, 0) is 0 Å². The molecule has 2 aliphatic carbocycles. The van der Waals surface area contributed by atoms with Crippen molar-refractivity contribution in [2.24, 2.45) is 11.3 Å². The van der Waals surface area contributed by atoms with Gasteiger partial charge in [0.1, 0.15) is 6.33 Å². The van der Waals surface area contributed by atoms with Crippen molar-refractivity contribution in [1.82, 2.24) is 9.36 Å². The van der Waals surface area contributed by atoms with Gasteiger partial charge >= 0.3 is 0 Å². The van der Waals surface area contributed by atoms with Gasteiger partial charge in [0, 0.05) is 18.1 Å². The molecule has 4 heteroatoms. The minimum Gasteiger partial charge on any atom is -0.360 e. The van der Waals surface area contributed by atoms with E-state index in [1.54, 1.807) is 6.33 Å². The van der Waals surface area contributed by atoms with Gasteiger partial charge in [-0.3, -0.25) is 0 Å². The van der Waals surface area contributed by atoms with E-state index in [0.717, 1.165) is 17.6 Å². The molecule has 0 aromatic carbocycles. The van der Waals surface area contributed by atoms with Gasteiger partial charge in [0.15, 0.2) is 0 Å². The maximum absolute atomic E-state index is 4.12. The lowest BCUT2D eigenvalue weighted by Crippen LogP contribution is -2.17. The van der Waals surface area contributed by atoms with E-state index in [1.807, 2.05) is 0 Å². The average Bonchev–Trinajstić information content (AvgIpc) is 3.02. The van der Waals surface area contributed by atoms with Gasteiger partial charge in [-0.2, -0.15) is 4.37 Å². The lowest BCUT2D eigenvalue weighted by Gasteiger charge is -2.13. The van der Waals surface area contributed by atoms with Gasteiger partial charge in [0.25, 0.3) is 0 Å². The molecule has 2 aliphatic rings. The van der Waals surface area contributed by atoms with Crippen molar-refractivity contribution in [3.05, 3.63) is 6.33 Å². The van der Waals surface area contributed by atoms with E-state index in [-0.39, 0.29) is 0 Å². The lowest BCUT2D eigenvalue weighted by atomic mass is 10.0. The Bertz CT molecular complexity index is 288. The Labute approximate surface area is 81.7 Å². The molecule has 0 amide bonds. The number of aromatic nitrogens is 2. The number of hydrogen-bond acceptors (Lipinski definition) is 4. The highest BCUT2D eigenvalue weighted by Gasteiger charge is 2.53. The summed E-state index contributed by atoms with van der Waals surface area (Å²) < 4.78 is 3.97. The van der Waals surface area contributed by atoms with E-state index in [4.69, 9.17) is 0 Å². The van der Waals surface area contributed by atoms with E-state index in [1.165, 1.54) is 37.2 Å². The second kappa shape index (κ2) is 2.67. The van der Waals surface area contributed by atoms with Crippen LogP contribution >= 0.6 is 11.5 Å². The first kappa shape index (κ1) is 7.74. The van der Waals surface area contributed by atoms with Crippen molar-refractivity contribution in [2.75, 3.05) is 11.9 Å². The van der Waals surface area contributed by atoms with Gasteiger partial charge in [-0.1, -0.05) is 0 Å². The predicted octanol–water partition coefficient (Wildman–Crippen LogP) is 2.14. The minimum absolute atomic E-state index is 0.658. The Morgan fingerprint density at radius 3 is 2.92 bits per heavy atom. The summed E-state index contributed by atoms with van der Waals surface area (Å²) in [4.78, 5) is 4.12. The standard InChI is InChI=1S/C9H13N3S/c1-2-7(1)9(3-4-9)5-10-8-11-6-12-13-8/h6-7H,1-5H2,(H,10,11,12). The molecule has 0 unspecified atom stereocenters. The summed E-state index contributed by atoms with van der Waals surface area (Å²) in [6.07, 6.45) is 7.37. The van der Waals surface area contributed by atoms with Crippen molar-refractivity contribution in [3.8, 4) is 0 Å². The molecule has 3 nitrogen and oxygen atoms in total. The van der Waals surface area contributed by atoms with Crippen LogP contribution in [0.25, 0.3) is 0 Å². The zero-order chi connectivity index (χ0) is 8.73. The molecule has 0 saturated heterocycles. The first-order valence-electron chi connectivity index (χ1n) is 4.90. The third-order valence-corrected chi connectivity index (χ3v) is 3.91. The average molecular weight is 195 g/mol. The Morgan fingerprint density at radius 1 is 1.54 bits per heavy atom. The Kier molecular flexibility index (Phi) is 1.59. The number of nitrogens with one attached hydrogen (secondary N) is 1. The van der Waals surface area contributed by atoms with Crippen molar-refractivity contribution in [1.29, 1.82) is 0 Å². The monoisotopic (exact) mass is 195 g/mol. The van der Waals surface area contributed by atoms with Crippen molar-refractivity contribution >= 4 is 16.7 Å². The molecule has 0 atom stereocenters. The number of rotatable bonds is 4. The van der Waals surface area contributed by atoms with Crippen LogP contribution in [0.1, 0.15) is 25.7 Å². The van der Waals surface area contributed by atoms with Gasteiger partial charge in [-0.15, -0.1) is 0 Å². The maximum Gasteiger partial charge on any atom is 0.202 e.